The standard InChI is InChI=1S/C31H38FN5O6/c1-30(2,3)42-28(40)35-17-22(38)14-21(36-29(41)43-31(4,5)6)16-34-27(39)26-25(19-9-7-18(15-33)8-10-19)23-13-20(32)11-12-24(23)37-26/h7-13,21-22,37-38H,14,16-17H2,1-6H3,(H,34,39)(H,35,40)(H,36,41)/t21-,22?/m0/s1. The number of nitrogens with zero attached hydrogens (tertiary/aromatic N) is 1. The molecule has 0 radical (unpaired) electrons. The molecule has 5 N–H and O–H groups in total. The van der Waals surface area contributed by atoms with Crippen molar-refractivity contribution in [3.05, 3.63) is 59.5 Å². The number of nitriles is 1. The van der Waals surface area contributed by atoms with E-state index in [1.54, 1.807) is 65.8 Å². The Balaban J connectivity index is 1.81. The van der Waals surface area contributed by atoms with Crippen LogP contribution in [0.2, 0.25) is 0 Å². The highest BCUT2D eigenvalue weighted by Gasteiger charge is 2.25. The minimum atomic E-state index is -1.10. The fourth-order valence-electron chi connectivity index (χ4n) is 4.24. The number of aromatic amines is 1. The van der Waals surface area contributed by atoms with Gasteiger partial charge in [-0.25, -0.2) is 14.0 Å². The summed E-state index contributed by atoms with van der Waals surface area (Å²) in [6, 6.07) is 11.9. The van der Waals surface area contributed by atoms with Crippen molar-refractivity contribution in [2.75, 3.05) is 13.1 Å². The maximum Gasteiger partial charge on any atom is 0.407 e. The molecule has 3 amide bonds. The lowest BCUT2D eigenvalue weighted by Crippen LogP contribution is -2.48. The van der Waals surface area contributed by atoms with E-state index in [1.807, 2.05) is 6.07 Å². The molecule has 0 bridgehead atoms. The summed E-state index contributed by atoms with van der Waals surface area (Å²) in [7, 11) is 0. The Morgan fingerprint density at radius 2 is 1.58 bits per heavy atom. The van der Waals surface area contributed by atoms with Crippen LogP contribution in [0.4, 0.5) is 14.0 Å². The zero-order chi connectivity index (χ0) is 31.9. The van der Waals surface area contributed by atoms with Crippen molar-refractivity contribution in [3.8, 4) is 17.2 Å². The van der Waals surface area contributed by atoms with Crippen LogP contribution in [0.15, 0.2) is 42.5 Å². The first kappa shape index (κ1) is 32.9. The number of hydrogen-bond acceptors (Lipinski definition) is 7. The van der Waals surface area contributed by atoms with E-state index in [0.717, 1.165) is 0 Å². The molecule has 12 heteroatoms. The predicted molar refractivity (Wildman–Crippen MR) is 159 cm³/mol. The Kier molecular flexibility index (Phi) is 10.4. The molecule has 0 aliphatic carbocycles. The molecular formula is C31H38FN5O6. The maximum atomic E-state index is 14.2. The lowest BCUT2D eigenvalue weighted by molar-refractivity contribution is 0.0438. The highest BCUT2D eigenvalue weighted by atomic mass is 19.1. The minimum absolute atomic E-state index is 0.0459. The van der Waals surface area contributed by atoms with E-state index in [9.17, 15) is 29.1 Å². The summed E-state index contributed by atoms with van der Waals surface area (Å²) in [4.78, 5) is 41.1. The molecule has 0 spiro atoms. The quantitative estimate of drug-likeness (QED) is 0.238. The van der Waals surface area contributed by atoms with Crippen LogP contribution in [-0.4, -0.2) is 64.6 Å². The molecular weight excluding hydrogens is 557 g/mol. The number of aliphatic hydroxyl groups is 1. The molecule has 2 atom stereocenters. The second kappa shape index (κ2) is 13.6. The van der Waals surface area contributed by atoms with Gasteiger partial charge in [0.05, 0.1) is 23.8 Å². The molecule has 3 rings (SSSR count). The molecule has 0 aliphatic heterocycles. The van der Waals surface area contributed by atoms with Crippen molar-refractivity contribution >= 4 is 29.0 Å². The van der Waals surface area contributed by atoms with Crippen LogP contribution in [0.25, 0.3) is 22.0 Å². The lowest BCUT2D eigenvalue weighted by Gasteiger charge is -2.26. The number of H-pyrrole nitrogens is 1. The van der Waals surface area contributed by atoms with Crippen LogP contribution in [0, 0.1) is 17.1 Å². The number of benzene rings is 2. The first-order valence-electron chi connectivity index (χ1n) is 13.8. The van der Waals surface area contributed by atoms with Gasteiger partial charge in [-0.2, -0.15) is 5.26 Å². The third-order valence-corrected chi connectivity index (χ3v) is 5.96. The highest BCUT2D eigenvalue weighted by molar-refractivity contribution is 6.09. The van der Waals surface area contributed by atoms with Crippen molar-refractivity contribution in [2.45, 2.75) is 71.3 Å². The smallest absolute Gasteiger partial charge is 0.407 e. The van der Waals surface area contributed by atoms with Crippen molar-refractivity contribution in [2.24, 2.45) is 0 Å². The van der Waals surface area contributed by atoms with Gasteiger partial charge in [-0.15, -0.1) is 0 Å². The number of carbonyl (C=O) groups excluding carboxylic acids is 3. The molecule has 230 valence electrons. The van der Waals surface area contributed by atoms with Gasteiger partial charge in [0.15, 0.2) is 0 Å². The normalized spacial score (nSPS) is 13.0. The Hall–Kier alpha value is -4.63. The van der Waals surface area contributed by atoms with Crippen molar-refractivity contribution in [1.82, 2.24) is 20.9 Å². The number of hydrogen-bond donors (Lipinski definition) is 5. The molecule has 0 saturated carbocycles. The molecule has 1 aromatic heterocycles. The average Bonchev–Trinajstić information content (AvgIpc) is 3.27. The van der Waals surface area contributed by atoms with Crippen LogP contribution in [0.1, 0.15) is 64.0 Å². The monoisotopic (exact) mass is 595 g/mol. The first-order chi connectivity index (χ1) is 20.0. The maximum absolute atomic E-state index is 14.2. The third-order valence-electron chi connectivity index (χ3n) is 5.96. The van der Waals surface area contributed by atoms with Crippen LogP contribution in [-0.2, 0) is 9.47 Å². The summed E-state index contributed by atoms with van der Waals surface area (Å²) in [6.07, 6.45) is -2.61. The predicted octanol–water partition coefficient (Wildman–Crippen LogP) is 4.74. The molecule has 0 saturated heterocycles. The highest BCUT2D eigenvalue weighted by Crippen LogP contribution is 2.33. The Bertz CT molecular complexity index is 1500. The van der Waals surface area contributed by atoms with E-state index >= 15 is 0 Å². The van der Waals surface area contributed by atoms with E-state index in [4.69, 9.17) is 9.47 Å². The number of alkyl carbamates (subject to hydrolysis) is 2. The van der Waals surface area contributed by atoms with E-state index in [0.29, 0.717) is 27.6 Å². The topological polar surface area (TPSA) is 166 Å². The summed E-state index contributed by atoms with van der Waals surface area (Å²) in [5.41, 5.74) is 0.626. The molecule has 0 fully saturated rings. The summed E-state index contributed by atoms with van der Waals surface area (Å²) in [5.74, 6) is -1.03. The molecule has 1 unspecified atom stereocenters. The van der Waals surface area contributed by atoms with E-state index < -0.39 is 47.3 Å². The Morgan fingerprint density at radius 3 is 2.19 bits per heavy atom. The average molecular weight is 596 g/mol. The second-order valence-electron chi connectivity index (χ2n) is 12.1. The first-order valence-corrected chi connectivity index (χ1v) is 13.8. The number of halogens is 1. The third kappa shape index (κ3) is 10.0. The largest absolute Gasteiger partial charge is 0.444 e. The molecule has 3 aromatic rings. The molecule has 0 aliphatic rings. The summed E-state index contributed by atoms with van der Waals surface area (Å²) in [6.45, 7) is 9.96. The summed E-state index contributed by atoms with van der Waals surface area (Å²) >= 11 is 0. The van der Waals surface area contributed by atoms with Gasteiger partial charge >= 0.3 is 12.2 Å². The van der Waals surface area contributed by atoms with Gasteiger partial charge in [0, 0.05) is 29.6 Å². The van der Waals surface area contributed by atoms with Crippen LogP contribution in [0.5, 0.6) is 0 Å². The molecule has 43 heavy (non-hydrogen) atoms. The van der Waals surface area contributed by atoms with Crippen molar-refractivity contribution < 1.29 is 33.4 Å². The van der Waals surface area contributed by atoms with Gasteiger partial charge < -0.3 is 35.5 Å². The summed E-state index contributed by atoms with van der Waals surface area (Å²) in [5, 5.41) is 28.2. The fraction of sp³-hybridized carbons (Fsp3) is 0.419. The molecule has 11 nitrogen and oxygen atoms in total. The number of amides is 3. The zero-order valence-electron chi connectivity index (χ0n) is 25.1. The van der Waals surface area contributed by atoms with Crippen LogP contribution in [0.3, 0.4) is 0 Å². The summed E-state index contributed by atoms with van der Waals surface area (Å²) < 4.78 is 24.7. The number of ether oxygens (including phenoxy) is 2. The van der Waals surface area contributed by atoms with Crippen LogP contribution >= 0.6 is 0 Å². The van der Waals surface area contributed by atoms with Gasteiger partial charge in [-0.3, -0.25) is 4.79 Å². The molecule has 2 aromatic carbocycles. The van der Waals surface area contributed by atoms with E-state index in [2.05, 4.69) is 20.9 Å². The SMILES string of the molecule is CC(C)(C)OC(=O)NCC(O)C[C@@H](CNC(=O)c1[nH]c2ccc(F)cc2c1-c1ccc(C#N)cc1)NC(=O)OC(C)(C)C. The minimum Gasteiger partial charge on any atom is -0.444 e. The van der Waals surface area contributed by atoms with Gasteiger partial charge in [0.25, 0.3) is 5.91 Å². The van der Waals surface area contributed by atoms with Gasteiger partial charge in [-0.1, -0.05) is 12.1 Å². The van der Waals surface area contributed by atoms with E-state index in [-0.39, 0.29) is 25.2 Å². The van der Waals surface area contributed by atoms with Crippen molar-refractivity contribution in [1.29, 1.82) is 5.26 Å². The Morgan fingerprint density at radius 1 is 0.953 bits per heavy atom. The zero-order valence-corrected chi connectivity index (χ0v) is 25.1. The fourth-order valence-corrected chi connectivity index (χ4v) is 4.24. The second-order valence-corrected chi connectivity index (χ2v) is 12.1. The number of rotatable bonds is 9. The van der Waals surface area contributed by atoms with Gasteiger partial charge in [0.2, 0.25) is 0 Å². The number of aromatic nitrogens is 1. The number of carbonyl (C=O) groups is 3. The molecule has 1 heterocycles. The number of fused-ring (bicyclic) bond motifs is 1. The van der Waals surface area contributed by atoms with Gasteiger partial charge in [0.1, 0.15) is 22.7 Å². The van der Waals surface area contributed by atoms with Gasteiger partial charge in [-0.05, 0) is 83.9 Å². The number of aliphatic hydroxyl groups excluding tert-OH is 1. The Labute approximate surface area is 249 Å². The van der Waals surface area contributed by atoms with Crippen molar-refractivity contribution in [3.63, 3.8) is 0 Å². The van der Waals surface area contributed by atoms with Crippen LogP contribution < -0.4 is 16.0 Å². The van der Waals surface area contributed by atoms with E-state index in [1.165, 1.54) is 18.2 Å². The number of nitrogens with one attached hydrogen (secondary N) is 4. The lowest BCUT2D eigenvalue weighted by atomic mass is 10.00.